The van der Waals surface area contributed by atoms with E-state index in [1.807, 2.05) is 18.2 Å². The number of hydrogen-bond donors (Lipinski definition) is 0. The monoisotopic (exact) mass is 374 g/mol. The van der Waals surface area contributed by atoms with Crippen molar-refractivity contribution < 1.29 is 0 Å². The van der Waals surface area contributed by atoms with E-state index >= 15 is 0 Å². The van der Waals surface area contributed by atoms with E-state index < -0.39 is 0 Å². The first kappa shape index (κ1) is 15.1. The van der Waals surface area contributed by atoms with Gasteiger partial charge in [0.1, 0.15) is 10.3 Å². The molecule has 0 aliphatic rings. The Morgan fingerprint density at radius 3 is 2.14 bits per heavy atom. The van der Waals surface area contributed by atoms with E-state index in [0.717, 1.165) is 4.88 Å². The van der Waals surface area contributed by atoms with Gasteiger partial charge in [-0.2, -0.15) is 0 Å². The molecule has 1 aromatic carbocycles. The van der Waals surface area contributed by atoms with Gasteiger partial charge < -0.3 is 0 Å². The van der Waals surface area contributed by atoms with Gasteiger partial charge in [0.25, 0.3) is 0 Å². The predicted molar refractivity (Wildman–Crippen MR) is 90.8 cm³/mol. The van der Waals surface area contributed by atoms with E-state index in [2.05, 4.69) is 9.97 Å². The number of hydrogen-bond acceptors (Lipinski definition) is 3. The maximum Gasteiger partial charge on any atom is 0.172 e. The highest BCUT2D eigenvalue weighted by Crippen LogP contribution is 2.38. The number of aromatic nitrogens is 2. The Hall–Kier alpha value is -0.840. The van der Waals surface area contributed by atoms with Crippen molar-refractivity contribution in [2.75, 3.05) is 0 Å². The average molecular weight is 376 g/mol. The van der Waals surface area contributed by atoms with Gasteiger partial charge >= 0.3 is 0 Å². The van der Waals surface area contributed by atoms with Crippen molar-refractivity contribution in [2.45, 2.75) is 0 Å². The summed E-state index contributed by atoms with van der Waals surface area (Å²) < 4.78 is 0. The van der Waals surface area contributed by atoms with E-state index in [0.29, 0.717) is 27.0 Å². The van der Waals surface area contributed by atoms with Gasteiger partial charge in [-0.3, -0.25) is 0 Å². The summed E-state index contributed by atoms with van der Waals surface area (Å²) in [6.07, 6.45) is 0. The summed E-state index contributed by atoms with van der Waals surface area (Å²) in [5.41, 5.74) is 1.22. The summed E-state index contributed by atoms with van der Waals surface area (Å²) >= 11 is 26.1. The fourth-order valence-corrected chi connectivity index (χ4v) is 3.66. The van der Waals surface area contributed by atoms with Gasteiger partial charge in [-0.05, 0) is 12.1 Å². The summed E-state index contributed by atoms with van der Waals surface area (Å²) in [5.74, 6) is 0.442. The van der Waals surface area contributed by atoms with Gasteiger partial charge in [0.2, 0.25) is 0 Å². The molecule has 0 N–H and O–H groups in total. The smallest absolute Gasteiger partial charge is 0.172 e. The van der Waals surface area contributed by atoms with Crippen LogP contribution in [0.25, 0.3) is 21.8 Å². The zero-order valence-electron chi connectivity index (χ0n) is 10.3. The number of rotatable bonds is 2. The van der Waals surface area contributed by atoms with Crippen LogP contribution in [-0.2, 0) is 0 Å². The first-order chi connectivity index (χ1) is 10.1. The Bertz CT molecular complexity index is 793. The Kier molecular flexibility index (Phi) is 4.38. The Morgan fingerprint density at radius 2 is 1.57 bits per heavy atom. The van der Waals surface area contributed by atoms with E-state index in [1.54, 1.807) is 17.5 Å². The molecule has 21 heavy (non-hydrogen) atoms. The molecule has 0 aliphatic heterocycles. The van der Waals surface area contributed by atoms with Crippen molar-refractivity contribution in [2.24, 2.45) is 0 Å². The molecule has 0 unspecified atom stereocenters. The van der Waals surface area contributed by atoms with Crippen LogP contribution in [0.2, 0.25) is 20.4 Å². The van der Waals surface area contributed by atoms with Gasteiger partial charge in [0.15, 0.2) is 5.82 Å². The van der Waals surface area contributed by atoms with Gasteiger partial charge in [0.05, 0.1) is 15.5 Å². The topological polar surface area (TPSA) is 25.8 Å². The molecule has 0 saturated carbocycles. The third kappa shape index (κ3) is 3.03. The minimum atomic E-state index is 0.252. The summed E-state index contributed by atoms with van der Waals surface area (Å²) in [6, 6.07) is 9.03. The minimum Gasteiger partial charge on any atom is -0.215 e. The Balaban J connectivity index is 2.15. The molecule has 0 fully saturated rings. The summed E-state index contributed by atoms with van der Waals surface area (Å²) in [5, 5.41) is 3.47. The molecule has 0 saturated heterocycles. The van der Waals surface area contributed by atoms with Crippen molar-refractivity contribution in [1.82, 2.24) is 9.97 Å². The predicted octanol–water partition coefficient (Wildman–Crippen LogP) is 6.49. The van der Waals surface area contributed by atoms with Crippen molar-refractivity contribution >= 4 is 57.7 Å². The molecule has 0 bridgehead atoms. The highest BCUT2D eigenvalue weighted by atomic mass is 35.5. The number of halogens is 4. The van der Waals surface area contributed by atoms with Crippen LogP contribution in [0.1, 0.15) is 0 Å². The highest BCUT2D eigenvalue weighted by molar-refractivity contribution is 7.14. The second-order valence-corrected chi connectivity index (χ2v) is 6.58. The molecule has 2 heterocycles. The highest BCUT2D eigenvalue weighted by Gasteiger charge is 2.17. The van der Waals surface area contributed by atoms with Crippen LogP contribution in [-0.4, -0.2) is 9.97 Å². The third-order valence-electron chi connectivity index (χ3n) is 2.75. The lowest BCUT2D eigenvalue weighted by molar-refractivity contribution is 1.19. The largest absolute Gasteiger partial charge is 0.215 e. The van der Waals surface area contributed by atoms with Crippen LogP contribution in [0.3, 0.4) is 0 Å². The number of benzene rings is 1. The van der Waals surface area contributed by atoms with E-state index in [4.69, 9.17) is 46.4 Å². The van der Waals surface area contributed by atoms with Crippen molar-refractivity contribution in [1.29, 1.82) is 0 Å². The number of nitrogens with zero attached hydrogens (tertiary/aromatic N) is 2. The standard InChI is InChI=1S/C14H6Cl4N2S/c15-7-5-10(21-6-7)14-19-12(17)11(13(18)20-14)8-3-1-2-4-9(8)16/h1-6H. The maximum absolute atomic E-state index is 6.28. The lowest BCUT2D eigenvalue weighted by Gasteiger charge is -2.09. The number of thiophene rings is 1. The molecule has 2 nitrogen and oxygen atoms in total. The lowest BCUT2D eigenvalue weighted by Crippen LogP contribution is -1.94. The van der Waals surface area contributed by atoms with Crippen LogP contribution in [0.4, 0.5) is 0 Å². The molecule has 0 spiro atoms. The van der Waals surface area contributed by atoms with Crippen molar-refractivity contribution in [3.8, 4) is 21.8 Å². The average Bonchev–Trinajstić information content (AvgIpc) is 2.87. The molecule has 3 rings (SSSR count). The molecule has 0 aliphatic carbocycles. The van der Waals surface area contributed by atoms with Crippen LogP contribution in [0.15, 0.2) is 35.7 Å². The van der Waals surface area contributed by atoms with Crippen molar-refractivity contribution in [3.63, 3.8) is 0 Å². The third-order valence-corrected chi connectivity index (χ3v) is 4.90. The van der Waals surface area contributed by atoms with Crippen LogP contribution in [0.5, 0.6) is 0 Å². The van der Waals surface area contributed by atoms with Gasteiger partial charge in [0, 0.05) is 16.0 Å². The Morgan fingerprint density at radius 1 is 0.905 bits per heavy atom. The van der Waals surface area contributed by atoms with Gasteiger partial charge in [-0.15, -0.1) is 11.3 Å². The summed E-state index contributed by atoms with van der Waals surface area (Å²) in [6.45, 7) is 0. The van der Waals surface area contributed by atoms with E-state index in [-0.39, 0.29) is 10.3 Å². The van der Waals surface area contributed by atoms with Gasteiger partial charge in [-0.1, -0.05) is 64.6 Å². The zero-order valence-corrected chi connectivity index (χ0v) is 14.1. The Labute approximate surface area is 145 Å². The fraction of sp³-hybridized carbons (Fsp3) is 0. The van der Waals surface area contributed by atoms with Crippen LogP contribution < -0.4 is 0 Å². The molecule has 106 valence electrons. The SMILES string of the molecule is Clc1csc(-c2nc(Cl)c(-c3ccccc3Cl)c(Cl)n2)c1. The second-order valence-electron chi connectivity index (χ2n) is 4.11. The molecular weight excluding hydrogens is 370 g/mol. The molecular formula is C14H6Cl4N2S. The fourth-order valence-electron chi connectivity index (χ4n) is 1.83. The first-order valence-electron chi connectivity index (χ1n) is 5.78. The second kappa shape index (κ2) is 6.11. The lowest BCUT2D eigenvalue weighted by atomic mass is 10.1. The molecule has 2 aromatic heterocycles. The van der Waals surface area contributed by atoms with E-state index in [1.165, 1.54) is 11.3 Å². The molecule has 0 amide bonds. The normalized spacial score (nSPS) is 10.9. The van der Waals surface area contributed by atoms with Crippen molar-refractivity contribution in [3.05, 3.63) is 56.1 Å². The quantitative estimate of drug-likeness (QED) is 0.478. The summed E-state index contributed by atoms with van der Waals surface area (Å²) in [7, 11) is 0. The minimum absolute atomic E-state index is 0.252. The van der Waals surface area contributed by atoms with Crippen LogP contribution >= 0.6 is 57.7 Å². The first-order valence-corrected chi connectivity index (χ1v) is 8.18. The molecule has 7 heteroatoms. The zero-order chi connectivity index (χ0) is 15.0. The van der Waals surface area contributed by atoms with E-state index in [9.17, 15) is 0 Å². The molecule has 3 aromatic rings. The van der Waals surface area contributed by atoms with Gasteiger partial charge in [-0.25, -0.2) is 9.97 Å². The maximum atomic E-state index is 6.28. The molecule has 0 atom stereocenters. The summed E-state index contributed by atoms with van der Waals surface area (Å²) in [4.78, 5) is 9.40. The van der Waals surface area contributed by atoms with Crippen LogP contribution in [0, 0.1) is 0 Å². The molecule has 0 radical (unpaired) electrons.